The van der Waals surface area contributed by atoms with Gasteiger partial charge < -0.3 is 4.74 Å². The summed E-state index contributed by atoms with van der Waals surface area (Å²) in [4.78, 5) is 0. The molecule has 3 unspecified atom stereocenters. The van der Waals surface area contributed by atoms with E-state index in [4.69, 9.17) is 4.74 Å². The van der Waals surface area contributed by atoms with Crippen molar-refractivity contribution in [2.24, 2.45) is 11.8 Å². The first-order valence-electron chi connectivity index (χ1n) is 10.3. The van der Waals surface area contributed by atoms with Gasteiger partial charge in [0, 0.05) is 13.0 Å². The van der Waals surface area contributed by atoms with E-state index in [1.165, 1.54) is 18.9 Å². The summed E-state index contributed by atoms with van der Waals surface area (Å²) in [7, 11) is 0. The third-order valence-corrected chi connectivity index (χ3v) is 6.35. The highest BCUT2D eigenvalue weighted by molar-refractivity contribution is 5.68. The molecule has 0 radical (unpaired) electrons. The van der Waals surface area contributed by atoms with E-state index in [-0.39, 0.29) is 5.92 Å². The number of allylic oxidation sites excluding steroid dienone is 1. The van der Waals surface area contributed by atoms with Crippen molar-refractivity contribution in [1.82, 2.24) is 0 Å². The van der Waals surface area contributed by atoms with E-state index in [0.29, 0.717) is 18.9 Å². The van der Waals surface area contributed by atoms with Gasteiger partial charge in [-0.1, -0.05) is 62.9 Å². The zero-order valence-electron chi connectivity index (χ0n) is 16.1. The van der Waals surface area contributed by atoms with Crippen molar-refractivity contribution >= 4 is 5.57 Å². The molecule has 2 aliphatic rings. The van der Waals surface area contributed by atoms with Crippen LogP contribution in [0.5, 0.6) is 0 Å². The Kier molecular flexibility index (Phi) is 6.50. The van der Waals surface area contributed by atoms with E-state index < -0.39 is 17.9 Å². The van der Waals surface area contributed by atoms with Crippen molar-refractivity contribution in [3.8, 4) is 0 Å². The summed E-state index contributed by atoms with van der Waals surface area (Å²) in [6.45, 7) is 4.48. The van der Waals surface area contributed by atoms with Crippen LogP contribution in [0.1, 0.15) is 64.4 Å². The lowest BCUT2D eigenvalue weighted by Crippen LogP contribution is -2.55. The van der Waals surface area contributed by atoms with E-state index >= 15 is 8.78 Å². The van der Waals surface area contributed by atoms with Crippen molar-refractivity contribution in [2.45, 2.75) is 76.7 Å². The van der Waals surface area contributed by atoms with Gasteiger partial charge in [-0.2, -0.15) is 0 Å². The van der Waals surface area contributed by atoms with Crippen LogP contribution in [-0.4, -0.2) is 24.6 Å². The van der Waals surface area contributed by atoms with Crippen LogP contribution in [0.25, 0.3) is 5.57 Å². The molecule has 3 rings (SSSR count). The smallest absolute Gasteiger partial charge is 0.174 e. The molecule has 2 aliphatic carbocycles. The quantitative estimate of drug-likeness (QED) is 0.559. The Morgan fingerprint density at radius 2 is 1.77 bits per heavy atom. The van der Waals surface area contributed by atoms with Crippen molar-refractivity contribution in [3.63, 3.8) is 0 Å². The molecule has 0 spiro atoms. The lowest BCUT2D eigenvalue weighted by molar-refractivity contribution is -0.126. The topological polar surface area (TPSA) is 9.23 Å². The molecular weight excluding hydrogens is 330 g/mol. The van der Waals surface area contributed by atoms with Gasteiger partial charge in [-0.25, -0.2) is 8.78 Å². The summed E-state index contributed by atoms with van der Waals surface area (Å²) in [5.41, 5.74) is -0.0658. The molecule has 26 heavy (non-hydrogen) atoms. The average Bonchev–Trinajstić information content (AvgIpc) is 2.67. The number of rotatable bonds is 6. The second-order valence-corrected chi connectivity index (χ2v) is 7.94. The Labute approximate surface area is 156 Å². The molecule has 0 amide bonds. The van der Waals surface area contributed by atoms with Crippen LogP contribution >= 0.6 is 0 Å². The van der Waals surface area contributed by atoms with Crippen LogP contribution < -0.4 is 0 Å². The molecule has 1 saturated carbocycles. The Bertz CT molecular complexity index is 591. The van der Waals surface area contributed by atoms with E-state index in [1.54, 1.807) is 0 Å². The minimum atomic E-state index is -1.90. The highest BCUT2D eigenvalue weighted by Crippen LogP contribution is 2.49. The van der Waals surface area contributed by atoms with Crippen LogP contribution in [0.4, 0.5) is 8.78 Å². The normalized spacial score (nSPS) is 35.2. The fourth-order valence-electron chi connectivity index (χ4n) is 4.95. The van der Waals surface area contributed by atoms with Gasteiger partial charge in [0.15, 0.2) is 11.8 Å². The molecule has 144 valence electrons. The van der Waals surface area contributed by atoms with Crippen LogP contribution in [0.2, 0.25) is 0 Å². The molecule has 3 heteroatoms. The Morgan fingerprint density at radius 3 is 2.38 bits per heavy atom. The van der Waals surface area contributed by atoms with Gasteiger partial charge in [0.1, 0.15) is 0 Å². The molecule has 0 heterocycles. The summed E-state index contributed by atoms with van der Waals surface area (Å²) in [6, 6.07) is 9.73. The van der Waals surface area contributed by atoms with Gasteiger partial charge >= 0.3 is 0 Å². The SMILES string of the molecule is CCCC1CCC(C2(F)C(F)C=C(c3ccccc3)CC2OCC)CC1. The highest BCUT2D eigenvalue weighted by Gasteiger charge is 2.55. The maximum absolute atomic E-state index is 16.2. The fraction of sp³-hybridized carbons (Fsp3) is 0.652. The van der Waals surface area contributed by atoms with Gasteiger partial charge in [-0.05, 0) is 48.8 Å². The zero-order chi connectivity index (χ0) is 18.6. The standard InChI is InChI=1S/C23H32F2O/c1-3-8-17-11-13-20(14-12-17)23(25)21(24)15-19(16-22(23)26-4-2)18-9-6-5-7-10-18/h5-7,9-10,15,17,20-22H,3-4,8,11-14,16H2,1-2H3. The van der Waals surface area contributed by atoms with Crippen molar-refractivity contribution in [3.05, 3.63) is 42.0 Å². The summed E-state index contributed by atoms with van der Waals surface area (Å²) >= 11 is 0. The van der Waals surface area contributed by atoms with Crippen LogP contribution in [0.3, 0.4) is 0 Å². The molecule has 0 saturated heterocycles. The first-order chi connectivity index (χ1) is 12.6. The summed E-state index contributed by atoms with van der Waals surface area (Å²) in [5.74, 6) is 0.443. The zero-order valence-corrected chi connectivity index (χ0v) is 16.1. The Balaban J connectivity index is 1.82. The van der Waals surface area contributed by atoms with Crippen LogP contribution in [0.15, 0.2) is 36.4 Å². The number of benzene rings is 1. The molecule has 0 N–H and O–H groups in total. The molecule has 1 aromatic rings. The van der Waals surface area contributed by atoms with Gasteiger partial charge in [0.25, 0.3) is 0 Å². The second-order valence-electron chi connectivity index (χ2n) is 7.94. The van der Waals surface area contributed by atoms with Gasteiger partial charge in [0.2, 0.25) is 0 Å². The average molecular weight is 363 g/mol. The lowest BCUT2D eigenvalue weighted by Gasteiger charge is -2.46. The fourth-order valence-corrected chi connectivity index (χ4v) is 4.95. The molecule has 1 nitrogen and oxygen atoms in total. The predicted molar refractivity (Wildman–Crippen MR) is 104 cm³/mol. The summed E-state index contributed by atoms with van der Waals surface area (Å²) in [6.07, 6.45) is 5.64. The largest absolute Gasteiger partial charge is 0.375 e. The van der Waals surface area contributed by atoms with Crippen molar-refractivity contribution in [2.75, 3.05) is 6.61 Å². The maximum atomic E-state index is 16.2. The second kappa shape index (κ2) is 8.65. The van der Waals surface area contributed by atoms with Crippen LogP contribution in [0, 0.1) is 11.8 Å². The maximum Gasteiger partial charge on any atom is 0.174 e. The number of alkyl halides is 2. The minimum absolute atomic E-state index is 0.240. The Hall–Kier alpha value is -1.22. The number of hydrogen-bond acceptors (Lipinski definition) is 1. The number of halogens is 2. The minimum Gasteiger partial charge on any atom is -0.375 e. The Morgan fingerprint density at radius 1 is 1.08 bits per heavy atom. The van der Waals surface area contributed by atoms with Crippen molar-refractivity contribution in [1.29, 1.82) is 0 Å². The number of ether oxygens (including phenoxy) is 1. The molecule has 0 aromatic heterocycles. The van der Waals surface area contributed by atoms with Gasteiger partial charge in [-0.15, -0.1) is 0 Å². The van der Waals surface area contributed by atoms with E-state index in [2.05, 4.69) is 6.92 Å². The third kappa shape index (κ3) is 3.88. The molecule has 3 atom stereocenters. The molecular formula is C23H32F2O. The molecule has 1 aromatic carbocycles. The van der Waals surface area contributed by atoms with Gasteiger partial charge in [0.05, 0.1) is 6.10 Å². The highest BCUT2D eigenvalue weighted by atomic mass is 19.2. The monoisotopic (exact) mass is 362 g/mol. The molecule has 0 bridgehead atoms. The lowest BCUT2D eigenvalue weighted by atomic mass is 9.66. The first-order valence-corrected chi connectivity index (χ1v) is 10.3. The predicted octanol–water partition coefficient (Wildman–Crippen LogP) is 6.53. The summed E-state index contributed by atoms with van der Waals surface area (Å²) in [5, 5.41) is 0. The molecule has 1 fully saturated rings. The third-order valence-electron chi connectivity index (χ3n) is 6.35. The van der Waals surface area contributed by atoms with E-state index in [0.717, 1.165) is 36.8 Å². The van der Waals surface area contributed by atoms with Crippen molar-refractivity contribution < 1.29 is 13.5 Å². The number of hydrogen-bond donors (Lipinski definition) is 0. The first kappa shape index (κ1) is 19.5. The molecule has 0 aliphatic heterocycles. The van der Waals surface area contributed by atoms with E-state index in [9.17, 15) is 0 Å². The summed E-state index contributed by atoms with van der Waals surface area (Å²) < 4.78 is 37.2. The van der Waals surface area contributed by atoms with E-state index in [1.807, 2.05) is 37.3 Å². The van der Waals surface area contributed by atoms with Gasteiger partial charge in [-0.3, -0.25) is 0 Å². The van der Waals surface area contributed by atoms with Crippen LogP contribution in [-0.2, 0) is 4.74 Å².